The summed E-state index contributed by atoms with van der Waals surface area (Å²) in [7, 11) is -4.98. The van der Waals surface area contributed by atoms with Crippen LogP contribution in [0.2, 0.25) is 0 Å². The van der Waals surface area contributed by atoms with Crippen molar-refractivity contribution < 1.29 is 19.2 Å². The van der Waals surface area contributed by atoms with Gasteiger partial charge in [-0.3, -0.25) is 0 Å². The zero-order chi connectivity index (χ0) is 5.21. The summed E-state index contributed by atoms with van der Waals surface area (Å²) in [5.74, 6) is 0. The molecule has 0 heterocycles. The van der Waals surface area contributed by atoms with E-state index in [0.29, 0.717) is 0 Å². The molecule has 0 fully saturated rings. The van der Waals surface area contributed by atoms with Crippen molar-refractivity contribution in [2.45, 2.75) is 0 Å². The predicted octanol–water partition coefficient (Wildman–Crippen LogP) is -0.0674. The minimum atomic E-state index is -3.98. The molecular weight excluding hydrogens is 126 g/mol. The minimum absolute atomic E-state index is 0.998. The lowest BCUT2D eigenvalue weighted by Crippen LogP contribution is -1.70. The monoisotopic (exact) mass is 129 g/mol. The smallest absolute Gasteiger partial charge is 0.217 e. The second-order valence-electron chi connectivity index (χ2n) is 0.618. The summed E-state index contributed by atoms with van der Waals surface area (Å²) >= 11 is 0. The van der Waals surface area contributed by atoms with Crippen LogP contribution in [0.25, 0.3) is 0 Å². The molecule has 0 aromatic rings. The van der Waals surface area contributed by atoms with E-state index in [2.05, 4.69) is 0 Å². The predicted molar refractivity (Wildman–Crippen MR) is 21.2 cm³/mol. The highest BCUT2D eigenvalue weighted by Gasteiger charge is 2.31. The first kappa shape index (κ1) is 6.41. The molecule has 0 aromatic heterocycles. The molecule has 0 aliphatic carbocycles. The second kappa shape index (κ2) is 1.92. The fourth-order valence-corrected chi connectivity index (χ4v) is 0. The normalized spacial score (nSPS) is 12.5. The van der Waals surface area contributed by atoms with Crippen LogP contribution in [0.5, 0.6) is 0 Å². The maximum Gasteiger partial charge on any atom is 0.500 e. The van der Waals surface area contributed by atoms with Gasteiger partial charge in [0.25, 0.3) is 0 Å². The van der Waals surface area contributed by atoms with Gasteiger partial charge in [0.1, 0.15) is 0 Å². The van der Waals surface area contributed by atoms with E-state index in [0.717, 1.165) is 0 Å². The number of hydrogen-bond acceptors (Lipinski definition) is 4. The van der Waals surface area contributed by atoms with E-state index in [-0.39, 0.29) is 0 Å². The van der Waals surface area contributed by atoms with E-state index in [1.54, 1.807) is 0 Å². The van der Waals surface area contributed by atoms with Gasteiger partial charge < -0.3 is 0 Å². The maximum absolute atomic E-state index is 9.22. The van der Waals surface area contributed by atoms with Crippen molar-refractivity contribution in [2.75, 3.05) is 0 Å². The highest BCUT2D eigenvalue weighted by Crippen LogP contribution is 2.57. The summed E-state index contributed by atoms with van der Waals surface area (Å²) in [5, 5.41) is 0. The van der Waals surface area contributed by atoms with Gasteiger partial charge in [-0.25, -0.2) is 4.57 Å². The van der Waals surface area contributed by atoms with Crippen molar-refractivity contribution in [1.82, 2.24) is 0 Å². The van der Waals surface area contributed by atoms with Crippen molar-refractivity contribution in [3.05, 3.63) is 0 Å². The molecule has 0 aliphatic rings. The molecule has 0 aromatic carbocycles. The Morgan fingerprint density at radius 1 is 1.33 bits per heavy atom. The molecule has 0 aliphatic heterocycles. The summed E-state index contributed by atoms with van der Waals surface area (Å²) in [4.78, 5) is 23.2. The average Bonchev–Trinajstić information content (AvgIpc) is 1.35. The summed E-state index contributed by atoms with van der Waals surface area (Å²) in [6, 6.07) is 0. The SMILES string of the molecule is O=P[P+](O)(O)O. The van der Waals surface area contributed by atoms with Gasteiger partial charge in [-0.05, 0) is 0 Å². The summed E-state index contributed by atoms with van der Waals surface area (Å²) in [6.45, 7) is 0. The van der Waals surface area contributed by atoms with Crippen LogP contribution in [0, 0.1) is 0 Å². The van der Waals surface area contributed by atoms with Gasteiger partial charge in [0.15, 0.2) is 0 Å². The van der Waals surface area contributed by atoms with Gasteiger partial charge >= 0.3 is 15.8 Å². The molecule has 6 heteroatoms. The molecule has 0 bridgehead atoms. The average molecular weight is 129 g/mol. The molecule has 0 saturated carbocycles. The molecule has 0 spiro atoms. The second-order valence-corrected chi connectivity index (χ2v) is 3.95. The fourth-order valence-electron chi connectivity index (χ4n) is 0. The minimum Gasteiger partial charge on any atom is -0.217 e. The van der Waals surface area contributed by atoms with Crippen LogP contribution in [0.15, 0.2) is 0 Å². The Kier molecular flexibility index (Phi) is 2.05. The quantitative estimate of drug-likeness (QED) is 0.433. The Bertz CT molecular complexity index is 51.1. The first-order valence-corrected chi connectivity index (χ1v) is 4.15. The van der Waals surface area contributed by atoms with Gasteiger partial charge in [0.2, 0.25) is 0 Å². The van der Waals surface area contributed by atoms with Gasteiger partial charge in [0, 0.05) is 0 Å². The van der Waals surface area contributed by atoms with E-state index in [4.69, 9.17) is 14.7 Å². The zero-order valence-corrected chi connectivity index (χ0v) is 4.43. The molecule has 0 amide bonds. The van der Waals surface area contributed by atoms with Crippen LogP contribution >= 0.6 is 15.8 Å². The molecule has 0 saturated heterocycles. The molecule has 0 atom stereocenters. The molecule has 36 valence electrons. The molecular formula is H3O4P2+. The molecule has 4 nitrogen and oxygen atoms in total. The standard InChI is InChI=1S/H3O4P2/c1-5-6(2,3)4/h2-4H/q+1. The third-order valence-corrected chi connectivity index (χ3v) is 0.986. The lowest BCUT2D eigenvalue weighted by molar-refractivity contribution is 0.355. The lowest BCUT2D eigenvalue weighted by atomic mass is 15.8. The van der Waals surface area contributed by atoms with Crippen molar-refractivity contribution in [1.29, 1.82) is 0 Å². The third-order valence-electron chi connectivity index (χ3n) is 0.110. The highest BCUT2D eigenvalue weighted by atomic mass is 32.1. The topological polar surface area (TPSA) is 77.8 Å². The van der Waals surface area contributed by atoms with Crippen molar-refractivity contribution in [3.63, 3.8) is 0 Å². The number of hydrogen-bond donors (Lipinski definition) is 3. The van der Waals surface area contributed by atoms with Crippen molar-refractivity contribution in [3.8, 4) is 0 Å². The van der Waals surface area contributed by atoms with E-state index in [1.807, 2.05) is 0 Å². The molecule has 6 heavy (non-hydrogen) atoms. The Balaban J connectivity index is 3.45. The first-order chi connectivity index (χ1) is 2.56. The van der Waals surface area contributed by atoms with Gasteiger partial charge in [-0.2, -0.15) is 14.7 Å². The Hall–Kier alpha value is 0.410. The van der Waals surface area contributed by atoms with Gasteiger partial charge in [-0.1, -0.05) is 0 Å². The van der Waals surface area contributed by atoms with Crippen LogP contribution < -0.4 is 0 Å². The summed E-state index contributed by atoms with van der Waals surface area (Å²) in [5.41, 5.74) is 0. The molecule has 0 rings (SSSR count). The van der Waals surface area contributed by atoms with Crippen molar-refractivity contribution >= 4 is 15.8 Å². The lowest BCUT2D eigenvalue weighted by Gasteiger charge is -1.83. The zero-order valence-electron chi connectivity index (χ0n) is 2.64. The van der Waals surface area contributed by atoms with Crippen LogP contribution in [-0.2, 0) is 4.57 Å². The van der Waals surface area contributed by atoms with Crippen molar-refractivity contribution in [2.24, 2.45) is 0 Å². The van der Waals surface area contributed by atoms with Crippen LogP contribution in [0.1, 0.15) is 0 Å². The van der Waals surface area contributed by atoms with E-state index < -0.39 is 15.8 Å². The first-order valence-electron chi connectivity index (χ1n) is 0.983. The molecule has 0 radical (unpaired) electrons. The highest BCUT2D eigenvalue weighted by molar-refractivity contribution is 8.17. The third kappa shape index (κ3) is 4.41. The van der Waals surface area contributed by atoms with Crippen LogP contribution in [-0.4, -0.2) is 14.7 Å². The van der Waals surface area contributed by atoms with Crippen LogP contribution in [0.4, 0.5) is 0 Å². The fraction of sp³-hybridized carbons (Fsp3) is 0. The Morgan fingerprint density at radius 3 is 1.50 bits per heavy atom. The Labute approximate surface area is 36.1 Å². The molecule has 0 unspecified atom stereocenters. The van der Waals surface area contributed by atoms with Crippen LogP contribution in [0.3, 0.4) is 0 Å². The Morgan fingerprint density at radius 2 is 1.50 bits per heavy atom. The van der Waals surface area contributed by atoms with Gasteiger partial charge in [0.05, 0.1) is 0 Å². The van der Waals surface area contributed by atoms with E-state index in [1.165, 1.54) is 0 Å². The van der Waals surface area contributed by atoms with Gasteiger partial charge in [-0.15, -0.1) is 0 Å². The number of rotatable bonds is 1. The summed E-state index contributed by atoms with van der Waals surface area (Å²) < 4.78 is 9.22. The maximum atomic E-state index is 9.22. The summed E-state index contributed by atoms with van der Waals surface area (Å²) in [6.07, 6.45) is 0. The molecule has 3 N–H and O–H groups in total. The van der Waals surface area contributed by atoms with E-state index >= 15 is 0 Å². The largest absolute Gasteiger partial charge is 0.500 e. The van der Waals surface area contributed by atoms with E-state index in [9.17, 15) is 4.57 Å².